The molecule has 0 N–H and O–H groups in total. The van der Waals surface area contributed by atoms with Crippen molar-refractivity contribution in [3.63, 3.8) is 0 Å². The number of hydrogen-bond acceptors (Lipinski definition) is 4. The molecule has 3 rings (SSSR count). The van der Waals surface area contributed by atoms with Crippen molar-refractivity contribution >= 4 is 17.7 Å². The van der Waals surface area contributed by atoms with E-state index in [1.807, 2.05) is 23.9 Å². The van der Waals surface area contributed by atoms with Gasteiger partial charge in [0, 0.05) is 22.5 Å². The lowest BCUT2D eigenvalue weighted by atomic mass is 9.90. The van der Waals surface area contributed by atoms with Crippen molar-refractivity contribution < 1.29 is 9.57 Å². The first-order chi connectivity index (χ1) is 11.4. The predicted molar refractivity (Wildman–Crippen MR) is 94.7 cm³/mol. The topological polar surface area (TPSA) is 30.8 Å². The van der Waals surface area contributed by atoms with Gasteiger partial charge in [-0.1, -0.05) is 53.7 Å². The van der Waals surface area contributed by atoms with Gasteiger partial charge in [-0.3, -0.25) is 0 Å². The van der Waals surface area contributed by atoms with Gasteiger partial charge in [-0.05, 0) is 24.1 Å². The molecule has 0 radical (unpaired) electrons. The van der Waals surface area contributed by atoms with Gasteiger partial charge < -0.3 is 9.57 Å². The summed E-state index contributed by atoms with van der Waals surface area (Å²) in [6.45, 7) is 0.708. The third-order valence-electron chi connectivity index (χ3n) is 4.02. The van der Waals surface area contributed by atoms with Crippen LogP contribution >= 0.6 is 11.8 Å². The minimum absolute atomic E-state index is 0.272. The molecule has 0 aromatic heterocycles. The van der Waals surface area contributed by atoms with Gasteiger partial charge in [-0.15, -0.1) is 11.8 Å². The van der Waals surface area contributed by atoms with Gasteiger partial charge in [0.25, 0.3) is 0 Å². The monoisotopic (exact) mass is 327 g/mol. The molecule has 2 aromatic carbocycles. The summed E-state index contributed by atoms with van der Waals surface area (Å²) in [7, 11) is 1.57. The number of nitrogens with zero attached hydrogens (tertiary/aromatic N) is 1. The summed E-state index contributed by atoms with van der Waals surface area (Å²) in [6, 6.07) is 21.0. The van der Waals surface area contributed by atoms with E-state index in [1.54, 1.807) is 7.11 Å². The predicted octanol–water partition coefficient (Wildman–Crippen LogP) is 4.24. The van der Waals surface area contributed by atoms with Gasteiger partial charge in [-0.25, -0.2) is 0 Å². The van der Waals surface area contributed by atoms with E-state index in [0.717, 1.165) is 18.1 Å². The van der Waals surface area contributed by atoms with E-state index in [1.165, 1.54) is 10.5 Å². The number of rotatable bonds is 6. The normalized spacial score (nSPS) is 22.0. The molecule has 1 heterocycles. The second-order valence-corrected chi connectivity index (χ2v) is 6.70. The van der Waals surface area contributed by atoms with E-state index in [2.05, 4.69) is 53.7 Å². The maximum atomic E-state index is 5.79. The van der Waals surface area contributed by atoms with Crippen LogP contribution < -0.4 is 0 Å². The fraction of sp³-hybridized carbons (Fsp3) is 0.316. The summed E-state index contributed by atoms with van der Waals surface area (Å²) in [5.41, 5.74) is 1.31. The van der Waals surface area contributed by atoms with Crippen molar-refractivity contribution in [2.45, 2.75) is 11.3 Å². The lowest BCUT2D eigenvalue weighted by Crippen LogP contribution is -2.21. The fourth-order valence-electron chi connectivity index (χ4n) is 2.81. The van der Waals surface area contributed by atoms with E-state index in [9.17, 15) is 0 Å². The number of benzene rings is 2. The second-order valence-electron chi connectivity index (χ2n) is 5.60. The highest BCUT2D eigenvalue weighted by Gasteiger charge is 2.35. The SMILES string of the molecule is CO/N=C1\OC[C@H](CSc2ccccc2)[C@H]1Cc1ccccc1. The molecule has 1 aliphatic heterocycles. The number of ether oxygens (including phenoxy) is 1. The largest absolute Gasteiger partial charge is 0.478 e. The van der Waals surface area contributed by atoms with Crippen LogP contribution in [0.4, 0.5) is 0 Å². The Kier molecular flexibility index (Phi) is 5.59. The average molecular weight is 327 g/mol. The van der Waals surface area contributed by atoms with Crippen LogP contribution in [0.15, 0.2) is 70.7 Å². The molecule has 2 aromatic rings. The van der Waals surface area contributed by atoms with E-state index < -0.39 is 0 Å². The molecule has 120 valence electrons. The van der Waals surface area contributed by atoms with Crippen LogP contribution in [0.1, 0.15) is 5.56 Å². The van der Waals surface area contributed by atoms with Gasteiger partial charge in [0.1, 0.15) is 7.11 Å². The van der Waals surface area contributed by atoms with Crippen LogP contribution in [0.2, 0.25) is 0 Å². The van der Waals surface area contributed by atoms with Crippen LogP contribution in [0.25, 0.3) is 0 Å². The first-order valence-electron chi connectivity index (χ1n) is 7.82. The Hall–Kier alpha value is -1.94. The highest BCUT2D eigenvalue weighted by Crippen LogP contribution is 2.32. The molecule has 4 heteroatoms. The summed E-state index contributed by atoms with van der Waals surface area (Å²) < 4.78 is 5.79. The molecular weight excluding hydrogens is 306 g/mol. The zero-order chi connectivity index (χ0) is 15.9. The molecule has 23 heavy (non-hydrogen) atoms. The first kappa shape index (κ1) is 15.9. The van der Waals surface area contributed by atoms with Crippen molar-refractivity contribution in [1.29, 1.82) is 0 Å². The van der Waals surface area contributed by atoms with Gasteiger partial charge in [0.15, 0.2) is 0 Å². The van der Waals surface area contributed by atoms with Gasteiger partial charge in [0.05, 0.1) is 6.61 Å². The highest BCUT2D eigenvalue weighted by atomic mass is 32.2. The second kappa shape index (κ2) is 8.06. The molecule has 0 saturated carbocycles. The fourth-order valence-corrected chi connectivity index (χ4v) is 3.89. The summed E-state index contributed by atoms with van der Waals surface area (Å²) in [6.07, 6.45) is 0.934. The molecule has 0 spiro atoms. The smallest absolute Gasteiger partial charge is 0.229 e. The van der Waals surface area contributed by atoms with Crippen LogP contribution in [0.3, 0.4) is 0 Å². The van der Waals surface area contributed by atoms with Gasteiger partial charge in [0.2, 0.25) is 5.90 Å². The van der Waals surface area contributed by atoms with E-state index in [4.69, 9.17) is 9.57 Å². The minimum Gasteiger partial charge on any atom is -0.478 e. The lowest BCUT2D eigenvalue weighted by molar-refractivity contribution is 0.195. The Balaban J connectivity index is 1.69. The molecule has 1 saturated heterocycles. The molecule has 3 nitrogen and oxygen atoms in total. The van der Waals surface area contributed by atoms with Gasteiger partial charge in [-0.2, -0.15) is 0 Å². The highest BCUT2D eigenvalue weighted by molar-refractivity contribution is 7.99. The van der Waals surface area contributed by atoms with Crippen LogP contribution in [-0.4, -0.2) is 25.4 Å². The number of thioether (sulfide) groups is 1. The third kappa shape index (κ3) is 4.29. The Bertz CT molecular complexity index is 630. The number of hydrogen-bond donors (Lipinski definition) is 0. The maximum Gasteiger partial charge on any atom is 0.229 e. The zero-order valence-corrected chi connectivity index (χ0v) is 14.0. The molecule has 0 unspecified atom stereocenters. The van der Waals surface area contributed by atoms with Crippen molar-refractivity contribution in [3.8, 4) is 0 Å². The van der Waals surface area contributed by atoms with E-state index in [-0.39, 0.29) is 5.92 Å². The number of oxime groups is 1. The Morgan fingerprint density at radius 2 is 1.78 bits per heavy atom. The Morgan fingerprint density at radius 1 is 1.09 bits per heavy atom. The summed E-state index contributed by atoms with van der Waals surface area (Å²) >= 11 is 1.88. The maximum absolute atomic E-state index is 5.79. The van der Waals surface area contributed by atoms with Crippen molar-refractivity contribution in [2.24, 2.45) is 17.0 Å². The molecule has 0 bridgehead atoms. The minimum atomic E-state index is 0.272. The summed E-state index contributed by atoms with van der Waals surface area (Å²) in [4.78, 5) is 6.26. The summed E-state index contributed by atoms with van der Waals surface area (Å²) in [5.74, 6) is 2.46. The Labute approximate surface area is 141 Å². The molecule has 1 aliphatic rings. The lowest BCUT2D eigenvalue weighted by Gasteiger charge is -2.16. The quantitative estimate of drug-likeness (QED) is 0.587. The third-order valence-corrected chi connectivity index (χ3v) is 5.22. The van der Waals surface area contributed by atoms with Crippen molar-refractivity contribution in [3.05, 3.63) is 66.2 Å². The molecule has 0 aliphatic carbocycles. The molecule has 2 atom stereocenters. The average Bonchev–Trinajstić information content (AvgIpc) is 2.97. The van der Waals surface area contributed by atoms with Crippen LogP contribution in [0.5, 0.6) is 0 Å². The summed E-state index contributed by atoms with van der Waals surface area (Å²) in [5, 5.41) is 4.09. The van der Waals surface area contributed by atoms with E-state index in [0.29, 0.717) is 12.5 Å². The zero-order valence-electron chi connectivity index (χ0n) is 13.2. The molecule has 0 amide bonds. The standard InChI is InChI=1S/C19H21NO2S/c1-21-20-19-18(12-15-8-4-2-5-9-15)16(13-22-19)14-23-17-10-6-3-7-11-17/h2-11,16,18H,12-14H2,1H3/b20-19-/t16-,18-/m1/s1. The Morgan fingerprint density at radius 3 is 2.48 bits per heavy atom. The van der Waals surface area contributed by atoms with Crippen molar-refractivity contribution in [2.75, 3.05) is 19.5 Å². The van der Waals surface area contributed by atoms with Crippen molar-refractivity contribution in [1.82, 2.24) is 0 Å². The first-order valence-corrected chi connectivity index (χ1v) is 8.81. The van der Waals surface area contributed by atoms with E-state index >= 15 is 0 Å². The molecular formula is C19H21NO2S. The van der Waals surface area contributed by atoms with Gasteiger partial charge >= 0.3 is 0 Å². The molecule has 1 fully saturated rings. The van der Waals surface area contributed by atoms with Crippen LogP contribution in [-0.2, 0) is 16.0 Å². The van der Waals surface area contributed by atoms with Crippen LogP contribution in [0, 0.1) is 11.8 Å².